The zero-order chi connectivity index (χ0) is 15.9. The number of halogens is 1. The Kier molecular flexibility index (Phi) is 5.57. The summed E-state index contributed by atoms with van der Waals surface area (Å²) in [5.41, 5.74) is 3.92. The maximum absolute atomic E-state index is 9.72. The first-order valence-electron chi connectivity index (χ1n) is 6.31. The lowest BCUT2D eigenvalue weighted by Crippen LogP contribution is -2.23. The van der Waals surface area contributed by atoms with Crippen molar-refractivity contribution in [2.75, 3.05) is 12.4 Å². The van der Waals surface area contributed by atoms with E-state index in [1.807, 2.05) is 12.1 Å². The number of methoxy groups -OCH3 is 1. The average Bonchev–Trinajstić information content (AvgIpc) is 2.49. The van der Waals surface area contributed by atoms with E-state index in [4.69, 9.17) is 28.6 Å². The minimum atomic E-state index is 0.0973. The quantitative estimate of drug-likeness (QED) is 0.454. The Bertz CT molecular complexity index is 707. The van der Waals surface area contributed by atoms with Crippen molar-refractivity contribution in [3.63, 3.8) is 0 Å². The molecule has 0 atom stereocenters. The van der Waals surface area contributed by atoms with Crippen molar-refractivity contribution in [1.29, 1.82) is 0 Å². The van der Waals surface area contributed by atoms with E-state index in [1.165, 1.54) is 12.3 Å². The predicted octanol–water partition coefficient (Wildman–Crippen LogP) is 3.37. The van der Waals surface area contributed by atoms with E-state index < -0.39 is 0 Å². The predicted molar refractivity (Wildman–Crippen MR) is 93.1 cm³/mol. The van der Waals surface area contributed by atoms with Crippen molar-refractivity contribution in [3.8, 4) is 11.5 Å². The Labute approximate surface area is 138 Å². The highest BCUT2D eigenvalue weighted by atomic mass is 35.5. The molecule has 114 valence electrons. The van der Waals surface area contributed by atoms with Crippen LogP contribution in [0.2, 0.25) is 5.02 Å². The van der Waals surface area contributed by atoms with E-state index in [2.05, 4.69) is 15.8 Å². The lowest BCUT2D eigenvalue weighted by molar-refractivity contribution is 0.412. The number of thiocarbonyl (C=S) groups is 1. The van der Waals surface area contributed by atoms with Crippen LogP contribution in [0.5, 0.6) is 11.5 Å². The van der Waals surface area contributed by atoms with E-state index >= 15 is 0 Å². The first-order chi connectivity index (χ1) is 10.6. The fraction of sp³-hybridized carbons (Fsp3) is 0.0667. The van der Waals surface area contributed by atoms with Crippen molar-refractivity contribution in [3.05, 3.63) is 53.1 Å². The van der Waals surface area contributed by atoms with Crippen LogP contribution in [0.25, 0.3) is 0 Å². The van der Waals surface area contributed by atoms with Gasteiger partial charge in [0.05, 0.1) is 13.3 Å². The van der Waals surface area contributed by atoms with Crippen molar-refractivity contribution in [2.24, 2.45) is 5.10 Å². The third-order valence-electron chi connectivity index (χ3n) is 2.69. The van der Waals surface area contributed by atoms with Crippen LogP contribution in [0.15, 0.2) is 47.6 Å². The molecule has 2 aromatic rings. The van der Waals surface area contributed by atoms with E-state index in [9.17, 15) is 5.11 Å². The molecule has 3 N–H and O–H groups in total. The number of rotatable bonds is 4. The van der Waals surface area contributed by atoms with Gasteiger partial charge in [-0.3, -0.25) is 5.43 Å². The van der Waals surface area contributed by atoms with E-state index in [0.717, 1.165) is 5.69 Å². The molecule has 0 aliphatic heterocycles. The van der Waals surface area contributed by atoms with Crippen molar-refractivity contribution < 1.29 is 9.84 Å². The van der Waals surface area contributed by atoms with Crippen LogP contribution in [0, 0.1) is 0 Å². The second kappa shape index (κ2) is 7.63. The maximum Gasteiger partial charge on any atom is 0.191 e. The largest absolute Gasteiger partial charge is 0.507 e. The van der Waals surface area contributed by atoms with E-state index in [1.54, 1.807) is 31.4 Å². The number of ether oxygens (including phenoxy) is 1. The molecule has 0 aliphatic rings. The maximum atomic E-state index is 9.72. The number of aromatic hydroxyl groups is 1. The van der Waals surface area contributed by atoms with Crippen LogP contribution < -0.4 is 15.5 Å². The summed E-state index contributed by atoms with van der Waals surface area (Å²) < 4.78 is 5.08. The molecule has 0 amide bonds. The van der Waals surface area contributed by atoms with Gasteiger partial charge in [0.15, 0.2) is 5.11 Å². The second-order valence-corrected chi connectivity index (χ2v) is 5.10. The molecule has 7 heteroatoms. The van der Waals surface area contributed by atoms with Gasteiger partial charge in [-0.05, 0) is 48.6 Å². The molecule has 0 heterocycles. The van der Waals surface area contributed by atoms with Gasteiger partial charge in [0.25, 0.3) is 0 Å². The summed E-state index contributed by atoms with van der Waals surface area (Å²) in [6.07, 6.45) is 1.45. The minimum absolute atomic E-state index is 0.0973. The highest BCUT2D eigenvalue weighted by molar-refractivity contribution is 7.80. The summed E-state index contributed by atoms with van der Waals surface area (Å²) in [6, 6.07) is 12.0. The van der Waals surface area contributed by atoms with Crippen LogP contribution in [0.4, 0.5) is 5.69 Å². The van der Waals surface area contributed by atoms with Crippen LogP contribution in [-0.2, 0) is 0 Å². The standard InChI is InChI=1S/C15H14ClN3O2S/c1-21-13-5-6-14(20)10(7-13)9-17-19-15(22)18-12-4-2-3-11(16)8-12/h2-9,20H,1H3,(H2,18,19,22). The molecule has 0 spiro atoms. The van der Waals surface area contributed by atoms with Gasteiger partial charge >= 0.3 is 0 Å². The van der Waals surface area contributed by atoms with Gasteiger partial charge in [-0.15, -0.1) is 0 Å². The van der Waals surface area contributed by atoms with Crippen molar-refractivity contribution >= 4 is 40.8 Å². The molecular formula is C15H14ClN3O2S. The monoisotopic (exact) mass is 335 g/mol. The first-order valence-corrected chi connectivity index (χ1v) is 7.10. The topological polar surface area (TPSA) is 65.9 Å². The number of nitrogens with zero attached hydrogens (tertiary/aromatic N) is 1. The number of phenols is 1. The summed E-state index contributed by atoms with van der Waals surface area (Å²) >= 11 is 11.0. The molecule has 2 rings (SSSR count). The van der Waals surface area contributed by atoms with Gasteiger partial charge in [-0.1, -0.05) is 17.7 Å². The molecule has 0 saturated heterocycles. The Morgan fingerprint density at radius 3 is 2.86 bits per heavy atom. The van der Waals surface area contributed by atoms with Gasteiger partial charge in [0.1, 0.15) is 11.5 Å². The molecule has 2 aromatic carbocycles. The summed E-state index contributed by atoms with van der Waals surface area (Å²) in [4.78, 5) is 0. The molecule has 0 aromatic heterocycles. The smallest absolute Gasteiger partial charge is 0.191 e. The SMILES string of the molecule is COc1ccc(O)c(C=NNC(=S)Nc2cccc(Cl)c2)c1. The molecule has 0 bridgehead atoms. The lowest BCUT2D eigenvalue weighted by Gasteiger charge is -2.07. The number of phenolic OH excluding ortho intramolecular Hbond substituents is 1. The third-order valence-corrected chi connectivity index (χ3v) is 3.12. The Balaban J connectivity index is 1.96. The zero-order valence-electron chi connectivity index (χ0n) is 11.7. The van der Waals surface area contributed by atoms with Gasteiger partial charge in [0.2, 0.25) is 0 Å². The normalized spacial score (nSPS) is 10.5. The molecular weight excluding hydrogens is 322 g/mol. The van der Waals surface area contributed by atoms with Crippen molar-refractivity contribution in [1.82, 2.24) is 5.43 Å². The van der Waals surface area contributed by atoms with E-state index in [0.29, 0.717) is 21.4 Å². The Morgan fingerprint density at radius 2 is 2.14 bits per heavy atom. The number of hydrogen-bond acceptors (Lipinski definition) is 4. The minimum Gasteiger partial charge on any atom is -0.507 e. The molecule has 5 nitrogen and oxygen atoms in total. The molecule has 0 fully saturated rings. The van der Waals surface area contributed by atoms with E-state index in [-0.39, 0.29) is 5.75 Å². The Hall–Kier alpha value is -2.31. The third kappa shape index (κ3) is 4.61. The number of hydrogen-bond donors (Lipinski definition) is 3. The zero-order valence-corrected chi connectivity index (χ0v) is 13.3. The molecule has 0 unspecified atom stereocenters. The van der Waals surface area contributed by atoms with Gasteiger partial charge in [-0.25, -0.2) is 0 Å². The highest BCUT2D eigenvalue weighted by Gasteiger charge is 2.01. The summed E-state index contributed by atoms with van der Waals surface area (Å²) in [6.45, 7) is 0. The number of benzene rings is 2. The second-order valence-electron chi connectivity index (χ2n) is 4.26. The van der Waals surface area contributed by atoms with Gasteiger partial charge < -0.3 is 15.2 Å². The van der Waals surface area contributed by atoms with Gasteiger partial charge in [-0.2, -0.15) is 5.10 Å². The average molecular weight is 336 g/mol. The molecule has 0 aliphatic carbocycles. The Morgan fingerprint density at radius 1 is 1.32 bits per heavy atom. The summed E-state index contributed by atoms with van der Waals surface area (Å²) in [7, 11) is 1.55. The van der Waals surface area contributed by atoms with Crippen LogP contribution in [-0.4, -0.2) is 23.5 Å². The molecule has 0 radical (unpaired) electrons. The summed E-state index contributed by atoms with van der Waals surface area (Å²) in [5.74, 6) is 0.721. The fourth-order valence-corrected chi connectivity index (χ4v) is 2.01. The van der Waals surface area contributed by atoms with Crippen molar-refractivity contribution in [2.45, 2.75) is 0 Å². The summed E-state index contributed by atoms with van der Waals surface area (Å²) in [5, 5.41) is 17.5. The van der Waals surface area contributed by atoms with Crippen LogP contribution in [0.3, 0.4) is 0 Å². The van der Waals surface area contributed by atoms with Crippen LogP contribution in [0.1, 0.15) is 5.56 Å². The highest BCUT2D eigenvalue weighted by Crippen LogP contribution is 2.21. The number of anilines is 1. The fourth-order valence-electron chi connectivity index (χ4n) is 1.65. The van der Waals surface area contributed by atoms with Gasteiger partial charge in [0, 0.05) is 16.3 Å². The lowest BCUT2D eigenvalue weighted by atomic mass is 10.2. The first kappa shape index (κ1) is 16.1. The van der Waals surface area contributed by atoms with Crippen LogP contribution >= 0.6 is 23.8 Å². The molecule has 0 saturated carbocycles. The number of nitrogens with one attached hydrogen (secondary N) is 2. The molecule has 22 heavy (non-hydrogen) atoms. The number of hydrazone groups is 1.